The Morgan fingerprint density at radius 1 is 1.21 bits per heavy atom. The third-order valence-corrected chi connectivity index (χ3v) is 8.51. The highest BCUT2D eigenvalue weighted by Gasteiger charge is 2.41. The van der Waals surface area contributed by atoms with Crippen molar-refractivity contribution in [3.8, 4) is 0 Å². The standard InChI is InChI=1S/C18H23N5O7S3/c1-19-33(28,29)30-12-17(24)22-7-8-23(32(26,27)15-5-9-31-13-15)16(11-22)18(25)21-10-14-4-2-3-6-20-14/h2-6,9,13,16,19H,7-8,10-12H2,1H3,(H,21,25)/t16-/m1/s1. The summed E-state index contributed by atoms with van der Waals surface area (Å²) in [5.74, 6) is -1.30. The van der Waals surface area contributed by atoms with Gasteiger partial charge in [0.25, 0.3) is 0 Å². The molecule has 2 amide bonds. The Kier molecular flexibility index (Phi) is 8.14. The number of piperazine rings is 1. The number of carbonyl (C=O) groups excluding carboxylic acids is 2. The van der Waals surface area contributed by atoms with Crippen LogP contribution in [-0.2, 0) is 40.6 Å². The topological polar surface area (TPSA) is 155 Å². The second-order valence-corrected chi connectivity index (χ2v) is 11.1. The van der Waals surface area contributed by atoms with Gasteiger partial charge in [0.1, 0.15) is 12.6 Å². The van der Waals surface area contributed by atoms with Crippen molar-refractivity contribution in [2.45, 2.75) is 17.5 Å². The highest BCUT2D eigenvalue weighted by molar-refractivity contribution is 7.89. The van der Waals surface area contributed by atoms with Gasteiger partial charge in [-0.1, -0.05) is 6.07 Å². The van der Waals surface area contributed by atoms with Gasteiger partial charge in [-0.2, -0.15) is 28.8 Å². The first kappa shape index (κ1) is 25.2. The molecule has 0 aromatic carbocycles. The van der Waals surface area contributed by atoms with Crippen molar-refractivity contribution in [3.05, 3.63) is 46.9 Å². The number of carbonyl (C=O) groups is 2. The van der Waals surface area contributed by atoms with E-state index in [1.807, 2.05) is 4.72 Å². The SMILES string of the molecule is CNS(=O)(=O)OCC(=O)N1CCN(S(=O)(=O)c2ccsc2)[C@@H](C(=O)NCc2ccccn2)C1. The number of aromatic nitrogens is 1. The highest BCUT2D eigenvalue weighted by atomic mass is 32.2. The summed E-state index contributed by atoms with van der Waals surface area (Å²) in [5, 5.41) is 5.74. The maximum Gasteiger partial charge on any atom is 0.336 e. The zero-order valence-electron chi connectivity index (χ0n) is 17.6. The lowest BCUT2D eigenvalue weighted by Crippen LogP contribution is -2.61. The Bertz CT molecular complexity index is 1170. The van der Waals surface area contributed by atoms with Gasteiger partial charge in [-0.25, -0.2) is 12.6 Å². The second kappa shape index (κ2) is 10.7. The van der Waals surface area contributed by atoms with Crippen LogP contribution >= 0.6 is 11.3 Å². The molecule has 15 heteroatoms. The van der Waals surface area contributed by atoms with Crippen LogP contribution in [0.4, 0.5) is 0 Å². The lowest BCUT2D eigenvalue weighted by atomic mass is 10.2. The predicted molar refractivity (Wildman–Crippen MR) is 119 cm³/mol. The first-order valence-corrected chi connectivity index (χ1v) is 13.5. The molecule has 2 aromatic rings. The van der Waals surface area contributed by atoms with Crippen LogP contribution in [0.25, 0.3) is 0 Å². The van der Waals surface area contributed by atoms with Crippen molar-refractivity contribution >= 4 is 43.5 Å². The zero-order valence-corrected chi connectivity index (χ0v) is 20.0. The van der Waals surface area contributed by atoms with Crippen molar-refractivity contribution in [1.82, 2.24) is 24.2 Å². The average Bonchev–Trinajstić information content (AvgIpc) is 3.37. The molecule has 1 fully saturated rings. The Labute approximate surface area is 195 Å². The number of rotatable bonds is 9. The number of nitrogens with one attached hydrogen (secondary N) is 2. The van der Waals surface area contributed by atoms with Gasteiger partial charge in [0.2, 0.25) is 21.8 Å². The molecule has 1 aliphatic heterocycles. The lowest BCUT2D eigenvalue weighted by molar-refractivity contribution is -0.137. The summed E-state index contributed by atoms with van der Waals surface area (Å²) in [6.07, 6.45) is 1.56. The predicted octanol–water partition coefficient (Wildman–Crippen LogP) is -0.858. The van der Waals surface area contributed by atoms with Crippen molar-refractivity contribution in [3.63, 3.8) is 0 Å². The van der Waals surface area contributed by atoms with Crippen LogP contribution in [0, 0.1) is 0 Å². The van der Waals surface area contributed by atoms with Crippen molar-refractivity contribution < 1.29 is 30.6 Å². The molecule has 180 valence electrons. The van der Waals surface area contributed by atoms with Gasteiger partial charge in [-0.3, -0.25) is 14.6 Å². The summed E-state index contributed by atoms with van der Waals surface area (Å²) in [6.45, 7) is -1.15. The lowest BCUT2D eigenvalue weighted by Gasteiger charge is -2.39. The van der Waals surface area contributed by atoms with Crippen molar-refractivity contribution in [1.29, 1.82) is 0 Å². The quantitative estimate of drug-likeness (QED) is 0.435. The minimum atomic E-state index is -4.07. The molecule has 0 radical (unpaired) electrons. The van der Waals surface area contributed by atoms with E-state index in [2.05, 4.69) is 14.5 Å². The third kappa shape index (κ3) is 6.33. The molecule has 1 atom stereocenters. The van der Waals surface area contributed by atoms with Crippen LogP contribution in [0.2, 0.25) is 0 Å². The van der Waals surface area contributed by atoms with Gasteiger partial charge in [0, 0.05) is 38.3 Å². The second-order valence-electron chi connectivity index (χ2n) is 6.89. The fraction of sp³-hybridized carbons (Fsp3) is 0.389. The molecular formula is C18H23N5O7S3. The summed E-state index contributed by atoms with van der Waals surface area (Å²) in [7, 11) is -6.93. The molecule has 2 aromatic heterocycles. The summed E-state index contributed by atoms with van der Waals surface area (Å²) >= 11 is 1.21. The van der Waals surface area contributed by atoms with Gasteiger partial charge in [0.15, 0.2) is 0 Å². The fourth-order valence-corrected chi connectivity index (χ4v) is 6.06. The van der Waals surface area contributed by atoms with E-state index < -0.39 is 44.8 Å². The third-order valence-electron chi connectivity index (χ3n) is 4.85. The van der Waals surface area contributed by atoms with E-state index in [4.69, 9.17) is 0 Å². The van der Waals surface area contributed by atoms with Crippen LogP contribution in [0.15, 0.2) is 46.1 Å². The van der Waals surface area contributed by atoms with E-state index in [0.717, 1.165) is 11.4 Å². The largest absolute Gasteiger partial charge is 0.349 e. The van der Waals surface area contributed by atoms with Gasteiger partial charge in [-0.15, -0.1) is 0 Å². The van der Waals surface area contributed by atoms with E-state index in [1.165, 1.54) is 27.7 Å². The maximum atomic E-state index is 13.1. The Hall–Kier alpha value is -2.43. The average molecular weight is 518 g/mol. The number of nitrogens with zero attached hydrogens (tertiary/aromatic N) is 3. The number of pyridine rings is 1. The highest BCUT2D eigenvalue weighted by Crippen LogP contribution is 2.24. The number of hydrogen-bond donors (Lipinski definition) is 2. The molecule has 3 heterocycles. The minimum absolute atomic E-state index is 0.0326. The Morgan fingerprint density at radius 3 is 2.64 bits per heavy atom. The molecule has 0 unspecified atom stereocenters. The van der Waals surface area contributed by atoms with Crippen molar-refractivity contribution in [2.75, 3.05) is 33.3 Å². The molecule has 12 nitrogen and oxygen atoms in total. The zero-order chi connectivity index (χ0) is 24.1. The molecule has 0 aliphatic carbocycles. The normalized spacial score (nSPS) is 17.6. The number of hydrogen-bond acceptors (Lipinski definition) is 9. The number of amides is 2. The summed E-state index contributed by atoms with van der Waals surface area (Å²) in [4.78, 5) is 30.9. The van der Waals surface area contributed by atoms with Gasteiger partial charge in [-0.05, 0) is 23.6 Å². The van der Waals surface area contributed by atoms with E-state index in [9.17, 15) is 26.4 Å². The van der Waals surface area contributed by atoms with E-state index >= 15 is 0 Å². The molecule has 0 spiro atoms. The Morgan fingerprint density at radius 2 is 2.00 bits per heavy atom. The van der Waals surface area contributed by atoms with Crippen LogP contribution in [0.1, 0.15) is 5.69 Å². The fourth-order valence-electron chi connectivity index (χ4n) is 3.10. The Balaban J connectivity index is 1.78. The molecule has 3 rings (SSSR count). The molecule has 2 N–H and O–H groups in total. The van der Waals surface area contributed by atoms with Crippen LogP contribution < -0.4 is 10.0 Å². The van der Waals surface area contributed by atoms with E-state index in [1.54, 1.807) is 29.8 Å². The molecule has 0 saturated carbocycles. The van der Waals surface area contributed by atoms with Crippen LogP contribution in [0.5, 0.6) is 0 Å². The van der Waals surface area contributed by atoms with Crippen molar-refractivity contribution in [2.24, 2.45) is 0 Å². The number of sulfonamides is 1. The van der Waals surface area contributed by atoms with E-state index in [-0.39, 0.29) is 31.1 Å². The van der Waals surface area contributed by atoms with E-state index in [0.29, 0.717) is 5.69 Å². The monoisotopic (exact) mass is 517 g/mol. The molecule has 0 bridgehead atoms. The minimum Gasteiger partial charge on any atom is -0.349 e. The summed E-state index contributed by atoms with van der Waals surface area (Å²) in [5.41, 5.74) is 0.576. The van der Waals surface area contributed by atoms with Gasteiger partial charge < -0.3 is 10.2 Å². The molecule has 33 heavy (non-hydrogen) atoms. The first-order valence-electron chi connectivity index (χ1n) is 9.71. The van der Waals surface area contributed by atoms with Crippen LogP contribution in [0.3, 0.4) is 0 Å². The molecular weight excluding hydrogens is 494 g/mol. The first-order chi connectivity index (χ1) is 15.6. The summed E-state index contributed by atoms with van der Waals surface area (Å²) in [6, 6.07) is 5.40. The van der Waals surface area contributed by atoms with Gasteiger partial charge in [0.05, 0.1) is 17.1 Å². The molecule has 1 saturated heterocycles. The summed E-state index contributed by atoms with van der Waals surface area (Å²) < 4.78 is 56.7. The smallest absolute Gasteiger partial charge is 0.336 e. The molecule has 1 aliphatic rings. The van der Waals surface area contributed by atoms with Gasteiger partial charge >= 0.3 is 10.3 Å². The number of thiophene rings is 1. The van der Waals surface area contributed by atoms with Crippen LogP contribution in [-0.4, -0.2) is 82.2 Å². The maximum absolute atomic E-state index is 13.1.